The molecule has 4 atom stereocenters. The molecule has 33 heavy (non-hydrogen) atoms. The van der Waals surface area contributed by atoms with Gasteiger partial charge in [-0.3, -0.25) is 9.69 Å². The van der Waals surface area contributed by atoms with Crippen molar-refractivity contribution < 1.29 is 9.53 Å². The lowest BCUT2D eigenvalue weighted by molar-refractivity contribution is -0.130. The maximum atomic E-state index is 13.1. The third-order valence-electron chi connectivity index (χ3n) is 8.62. The molecule has 1 amide bonds. The number of fused-ring (bicyclic) bond motifs is 2. The maximum absolute atomic E-state index is 13.1. The van der Waals surface area contributed by atoms with Crippen LogP contribution in [0.4, 0.5) is 0 Å². The fourth-order valence-corrected chi connectivity index (χ4v) is 6.42. The van der Waals surface area contributed by atoms with E-state index in [1.165, 1.54) is 17.5 Å². The Labute approximate surface area is 198 Å². The Morgan fingerprint density at radius 1 is 1.15 bits per heavy atom. The largest absolute Gasteiger partial charge is 0.497 e. The van der Waals surface area contributed by atoms with Crippen LogP contribution < -0.4 is 10.1 Å². The number of nitrogens with one attached hydrogen (secondary N) is 1. The third kappa shape index (κ3) is 3.99. The highest BCUT2D eigenvalue weighted by Crippen LogP contribution is 2.49. The molecular formula is C29H36N2O2. The molecule has 1 saturated heterocycles. The number of amides is 1. The topological polar surface area (TPSA) is 41.6 Å². The lowest BCUT2D eigenvalue weighted by Crippen LogP contribution is -2.50. The molecule has 1 saturated carbocycles. The molecule has 4 heteroatoms. The van der Waals surface area contributed by atoms with Gasteiger partial charge in [0.25, 0.3) is 0 Å². The van der Waals surface area contributed by atoms with Gasteiger partial charge < -0.3 is 10.1 Å². The zero-order valence-electron chi connectivity index (χ0n) is 20.1. The van der Waals surface area contributed by atoms with Gasteiger partial charge in [0.1, 0.15) is 5.75 Å². The number of hydrogen-bond acceptors (Lipinski definition) is 3. The predicted molar refractivity (Wildman–Crippen MR) is 133 cm³/mol. The summed E-state index contributed by atoms with van der Waals surface area (Å²) in [6, 6.07) is 17.3. The molecule has 174 valence electrons. The second-order valence-electron chi connectivity index (χ2n) is 10.6. The summed E-state index contributed by atoms with van der Waals surface area (Å²) in [5.41, 5.74) is 3.90. The molecule has 2 unspecified atom stereocenters. The Balaban J connectivity index is 1.19. The molecule has 1 aliphatic heterocycles. The third-order valence-corrected chi connectivity index (χ3v) is 8.62. The monoisotopic (exact) mass is 444 g/mol. The number of allylic oxidation sites excluding steroid dienone is 1. The average molecular weight is 445 g/mol. The van der Waals surface area contributed by atoms with Crippen LogP contribution in [0.25, 0.3) is 6.08 Å². The summed E-state index contributed by atoms with van der Waals surface area (Å²) >= 11 is 0. The number of rotatable bonds is 5. The Bertz CT molecular complexity index is 1050. The Kier molecular flexibility index (Phi) is 5.82. The fraction of sp³-hybridized carbons (Fsp3) is 0.483. The van der Waals surface area contributed by atoms with E-state index in [-0.39, 0.29) is 16.7 Å². The van der Waals surface area contributed by atoms with Crippen LogP contribution in [0, 0.1) is 11.3 Å². The number of methoxy groups -OCH3 is 1. The molecule has 1 spiro atoms. The van der Waals surface area contributed by atoms with Crippen molar-refractivity contribution in [3.63, 3.8) is 0 Å². The summed E-state index contributed by atoms with van der Waals surface area (Å²) in [6.45, 7) is 7.34. The normalized spacial score (nSPS) is 31.0. The lowest BCUT2D eigenvalue weighted by atomic mass is 9.68. The Hall–Kier alpha value is -2.59. The van der Waals surface area contributed by atoms with Gasteiger partial charge in [0.2, 0.25) is 5.91 Å². The maximum Gasteiger partial charge on any atom is 0.226 e. The van der Waals surface area contributed by atoms with Gasteiger partial charge in [-0.15, -0.1) is 0 Å². The number of carbonyl (C=O) groups excluding carboxylic acids is 1. The van der Waals surface area contributed by atoms with Crippen molar-refractivity contribution in [2.75, 3.05) is 20.2 Å². The van der Waals surface area contributed by atoms with E-state index in [0.717, 1.165) is 43.7 Å². The number of benzene rings is 2. The summed E-state index contributed by atoms with van der Waals surface area (Å²) in [7, 11) is 1.67. The smallest absolute Gasteiger partial charge is 0.226 e. The molecule has 5 rings (SSSR count). The van der Waals surface area contributed by atoms with Crippen molar-refractivity contribution in [2.24, 2.45) is 11.3 Å². The Morgan fingerprint density at radius 3 is 2.70 bits per heavy atom. The molecule has 1 heterocycles. The van der Waals surface area contributed by atoms with E-state index < -0.39 is 0 Å². The predicted octanol–water partition coefficient (Wildman–Crippen LogP) is 5.18. The number of carbonyl (C=O) groups is 1. The number of piperidine rings is 1. The van der Waals surface area contributed by atoms with Crippen molar-refractivity contribution >= 4 is 12.0 Å². The lowest BCUT2D eigenvalue weighted by Gasteiger charge is -2.46. The zero-order chi connectivity index (χ0) is 23.1. The van der Waals surface area contributed by atoms with Crippen LogP contribution in [0.5, 0.6) is 5.75 Å². The Morgan fingerprint density at radius 2 is 1.94 bits per heavy atom. The number of likely N-dealkylation sites (tertiary alicyclic amines) is 1. The molecule has 0 bridgehead atoms. The second-order valence-corrected chi connectivity index (χ2v) is 10.6. The minimum absolute atomic E-state index is 0.185. The van der Waals surface area contributed by atoms with Crippen LogP contribution in [0.15, 0.2) is 54.6 Å². The van der Waals surface area contributed by atoms with E-state index >= 15 is 0 Å². The van der Waals surface area contributed by atoms with E-state index in [9.17, 15) is 4.79 Å². The molecule has 2 aliphatic carbocycles. The summed E-state index contributed by atoms with van der Waals surface area (Å²) in [4.78, 5) is 15.8. The summed E-state index contributed by atoms with van der Waals surface area (Å²) in [5, 5.41) is 3.19. The molecule has 4 nitrogen and oxygen atoms in total. The number of ether oxygens (including phenoxy) is 1. The van der Waals surface area contributed by atoms with Gasteiger partial charge in [-0.05, 0) is 67.0 Å². The molecule has 2 fully saturated rings. The fourth-order valence-electron chi connectivity index (χ4n) is 6.42. The van der Waals surface area contributed by atoms with E-state index in [1.54, 1.807) is 7.11 Å². The van der Waals surface area contributed by atoms with Gasteiger partial charge >= 0.3 is 0 Å². The zero-order valence-corrected chi connectivity index (χ0v) is 20.1. The van der Waals surface area contributed by atoms with Gasteiger partial charge in [0.15, 0.2) is 0 Å². The van der Waals surface area contributed by atoms with E-state index in [2.05, 4.69) is 60.5 Å². The first-order valence-electron chi connectivity index (χ1n) is 12.4. The second kappa shape index (κ2) is 8.64. The van der Waals surface area contributed by atoms with Crippen molar-refractivity contribution in [2.45, 2.75) is 57.5 Å². The molecular weight excluding hydrogens is 408 g/mol. The first kappa shape index (κ1) is 22.2. The van der Waals surface area contributed by atoms with Crippen LogP contribution in [0.3, 0.4) is 0 Å². The first-order chi connectivity index (χ1) is 15.9. The van der Waals surface area contributed by atoms with Crippen LogP contribution in [0.1, 0.15) is 56.2 Å². The van der Waals surface area contributed by atoms with Crippen LogP contribution in [0.2, 0.25) is 0 Å². The minimum Gasteiger partial charge on any atom is -0.497 e. The van der Waals surface area contributed by atoms with Crippen molar-refractivity contribution in [3.05, 3.63) is 71.3 Å². The van der Waals surface area contributed by atoms with E-state index in [4.69, 9.17) is 4.74 Å². The van der Waals surface area contributed by atoms with Crippen molar-refractivity contribution in [3.8, 4) is 5.75 Å². The first-order valence-corrected chi connectivity index (χ1v) is 12.4. The highest BCUT2D eigenvalue weighted by molar-refractivity contribution is 5.82. The highest BCUT2D eigenvalue weighted by atomic mass is 16.5. The molecule has 2 aromatic carbocycles. The van der Waals surface area contributed by atoms with Gasteiger partial charge in [0, 0.05) is 30.0 Å². The van der Waals surface area contributed by atoms with E-state index in [0.29, 0.717) is 18.5 Å². The molecule has 0 aromatic heterocycles. The number of hydrogen-bond donors (Lipinski definition) is 1. The summed E-state index contributed by atoms with van der Waals surface area (Å²) in [5.74, 6) is 1.60. The molecule has 0 radical (unpaired) electrons. The van der Waals surface area contributed by atoms with Gasteiger partial charge in [-0.2, -0.15) is 0 Å². The molecule has 3 aliphatic rings. The minimum atomic E-state index is -0.282. The van der Waals surface area contributed by atoms with Crippen LogP contribution >= 0.6 is 0 Å². The van der Waals surface area contributed by atoms with Crippen LogP contribution in [-0.4, -0.2) is 37.0 Å². The molecule has 2 aromatic rings. The SMILES string of the molecule is COc1ccc(CNC(=O)C2(C)CCC(N3CC[C@@]4(C=Cc5ccccc54)[C@@H](C)C3)C2)cc1. The highest BCUT2D eigenvalue weighted by Gasteiger charge is 2.48. The summed E-state index contributed by atoms with van der Waals surface area (Å²) < 4.78 is 5.22. The van der Waals surface area contributed by atoms with E-state index in [1.807, 2.05) is 24.3 Å². The van der Waals surface area contributed by atoms with Gasteiger partial charge in [-0.25, -0.2) is 0 Å². The van der Waals surface area contributed by atoms with Gasteiger partial charge in [-0.1, -0.05) is 62.4 Å². The van der Waals surface area contributed by atoms with Crippen LogP contribution in [-0.2, 0) is 16.8 Å². The van der Waals surface area contributed by atoms with Gasteiger partial charge in [0.05, 0.1) is 7.11 Å². The standard InChI is InChI=1S/C29H36N2O2/c1-21-20-31(17-16-29(21)15-12-23-6-4-5-7-26(23)29)24-13-14-28(2,18-24)27(32)30-19-22-8-10-25(33-3)11-9-22/h4-12,15,21,24H,13-14,16-20H2,1-3H3,(H,30,32)/t21-,24?,28?,29-/m0/s1. The summed E-state index contributed by atoms with van der Waals surface area (Å²) in [6.07, 6.45) is 8.97. The average Bonchev–Trinajstić information content (AvgIpc) is 3.43. The quantitative estimate of drug-likeness (QED) is 0.691. The van der Waals surface area contributed by atoms with Crippen molar-refractivity contribution in [1.29, 1.82) is 0 Å². The molecule has 1 N–H and O–H groups in total. The number of nitrogens with zero attached hydrogens (tertiary/aromatic N) is 1. The van der Waals surface area contributed by atoms with Crippen molar-refractivity contribution in [1.82, 2.24) is 10.2 Å².